The van der Waals surface area contributed by atoms with Crippen molar-refractivity contribution in [1.82, 2.24) is 20.0 Å². The molecule has 2 aromatic heterocycles. The Morgan fingerprint density at radius 2 is 2.03 bits per heavy atom. The Kier molecular flexibility index (Phi) is 5.57. The van der Waals surface area contributed by atoms with Gasteiger partial charge in [0.1, 0.15) is 5.82 Å². The molecule has 7 nitrogen and oxygen atoms in total. The number of hydrogen-bond acceptors (Lipinski definition) is 5. The number of imidazole rings is 1. The SMILES string of the molecule is CNC(=O)c1ccc(CC=Nc2ncc(C3(c4ccc5ncccc5c4)CC3)n2NC)cc1F. The molecule has 1 aliphatic rings. The van der Waals surface area contributed by atoms with Crippen LogP contribution in [0.15, 0.2) is 65.9 Å². The van der Waals surface area contributed by atoms with E-state index in [-0.39, 0.29) is 11.0 Å². The Labute approximate surface area is 196 Å². The summed E-state index contributed by atoms with van der Waals surface area (Å²) in [6.07, 6.45) is 7.87. The first-order valence-electron chi connectivity index (χ1n) is 11.2. The van der Waals surface area contributed by atoms with Gasteiger partial charge in [-0.3, -0.25) is 9.78 Å². The molecule has 172 valence electrons. The summed E-state index contributed by atoms with van der Waals surface area (Å²) in [6.45, 7) is 0. The van der Waals surface area contributed by atoms with E-state index < -0.39 is 11.7 Å². The van der Waals surface area contributed by atoms with Gasteiger partial charge in [0.15, 0.2) is 0 Å². The lowest BCUT2D eigenvalue weighted by Crippen LogP contribution is -2.20. The van der Waals surface area contributed by atoms with Crippen molar-refractivity contribution in [1.29, 1.82) is 0 Å². The van der Waals surface area contributed by atoms with Crippen molar-refractivity contribution < 1.29 is 9.18 Å². The summed E-state index contributed by atoms with van der Waals surface area (Å²) in [5.74, 6) is -0.461. The molecule has 4 aromatic rings. The zero-order valence-electron chi connectivity index (χ0n) is 19.0. The van der Waals surface area contributed by atoms with E-state index >= 15 is 0 Å². The van der Waals surface area contributed by atoms with Gasteiger partial charge in [-0.05, 0) is 54.3 Å². The fourth-order valence-electron chi connectivity index (χ4n) is 4.42. The maximum Gasteiger partial charge on any atom is 0.253 e. The molecule has 0 radical (unpaired) electrons. The van der Waals surface area contributed by atoms with Crippen molar-refractivity contribution in [2.75, 3.05) is 19.5 Å². The zero-order valence-corrected chi connectivity index (χ0v) is 19.0. The number of carbonyl (C=O) groups is 1. The second kappa shape index (κ2) is 8.70. The number of pyridine rings is 1. The van der Waals surface area contributed by atoms with E-state index in [0.29, 0.717) is 12.4 Å². The summed E-state index contributed by atoms with van der Waals surface area (Å²) in [5, 5.41) is 3.55. The van der Waals surface area contributed by atoms with Gasteiger partial charge in [-0.25, -0.2) is 19.0 Å². The highest BCUT2D eigenvalue weighted by molar-refractivity contribution is 5.94. The predicted molar refractivity (Wildman–Crippen MR) is 131 cm³/mol. The summed E-state index contributed by atoms with van der Waals surface area (Å²) in [7, 11) is 3.32. The number of halogens is 1. The number of amides is 1. The molecule has 0 saturated heterocycles. The molecule has 34 heavy (non-hydrogen) atoms. The zero-order chi connectivity index (χ0) is 23.7. The highest BCUT2D eigenvalue weighted by atomic mass is 19.1. The lowest BCUT2D eigenvalue weighted by atomic mass is 9.91. The van der Waals surface area contributed by atoms with Gasteiger partial charge in [0.2, 0.25) is 5.95 Å². The second-order valence-corrected chi connectivity index (χ2v) is 8.40. The number of benzene rings is 2. The third-order valence-corrected chi connectivity index (χ3v) is 6.40. The molecule has 5 rings (SSSR count). The molecule has 8 heteroatoms. The van der Waals surface area contributed by atoms with Crippen molar-refractivity contribution in [2.24, 2.45) is 4.99 Å². The Morgan fingerprint density at radius 3 is 2.76 bits per heavy atom. The van der Waals surface area contributed by atoms with Crippen LogP contribution in [0.2, 0.25) is 0 Å². The Hall–Kier alpha value is -4.07. The maximum atomic E-state index is 14.2. The van der Waals surface area contributed by atoms with Crippen LogP contribution >= 0.6 is 0 Å². The quantitative estimate of drug-likeness (QED) is 0.410. The molecular weight excluding hydrogens is 431 g/mol. The predicted octanol–water partition coefficient (Wildman–Crippen LogP) is 4.13. The normalized spacial score (nSPS) is 14.4. The first-order chi connectivity index (χ1) is 16.6. The van der Waals surface area contributed by atoms with Crippen LogP contribution in [0, 0.1) is 5.82 Å². The van der Waals surface area contributed by atoms with Gasteiger partial charge in [-0.2, -0.15) is 0 Å². The lowest BCUT2D eigenvalue weighted by Gasteiger charge is -2.19. The summed E-state index contributed by atoms with van der Waals surface area (Å²) in [6, 6.07) is 15.0. The number of rotatable bonds is 7. The molecule has 1 amide bonds. The van der Waals surface area contributed by atoms with Crippen LogP contribution in [0.4, 0.5) is 10.3 Å². The van der Waals surface area contributed by atoms with Gasteiger partial charge >= 0.3 is 0 Å². The van der Waals surface area contributed by atoms with Crippen molar-refractivity contribution in [3.63, 3.8) is 0 Å². The van der Waals surface area contributed by atoms with Gasteiger partial charge in [-0.1, -0.05) is 18.2 Å². The van der Waals surface area contributed by atoms with Crippen molar-refractivity contribution in [3.05, 3.63) is 89.1 Å². The van der Waals surface area contributed by atoms with E-state index in [1.54, 1.807) is 18.5 Å². The minimum absolute atomic E-state index is 0.0257. The van der Waals surface area contributed by atoms with Crippen molar-refractivity contribution in [3.8, 4) is 0 Å². The summed E-state index contributed by atoms with van der Waals surface area (Å²) in [5.41, 5.74) is 7.13. The van der Waals surface area contributed by atoms with E-state index in [4.69, 9.17) is 0 Å². The highest BCUT2D eigenvalue weighted by Crippen LogP contribution is 2.54. The molecule has 2 N–H and O–H groups in total. The number of carbonyl (C=O) groups excluding carboxylic acids is 1. The second-order valence-electron chi connectivity index (χ2n) is 8.40. The summed E-state index contributed by atoms with van der Waals surface area (Å²) < 4.78 is 16.1. The van der Waals surface area contributed by atoms with Gasteiger partial charge in [-0.15, -0.1) is 0 Å². The number of nitrogens with one attached hydrogen (secondary N) is 2. The van der Waals surface area contributed by atoms with Gasteiger partial charge < -0.3 is 10.7 Å². The van der Waals surface area contributed by atoms with Crippen LogP contribution in [-0.4, -0.2) is 40.9 Å². The third kappa shape index (κ3) is 3.81. The first-order valence-corrected chi connectivity index (χ1v) is 11.2. The molecule has 2 aromatic carbocycles. The van der Waals surface area contributed by atoms with Gasteiger partial charge in [0.05, 0.1) is 23.0 Å². The van der Waals surface area contributed by atoms with Crippen LogP contribution in [-0.2, 0) is 11.8 Å². The Bertz CT molecular complexity index is 1410. The fraction of sp³-hybridized carbons (Fsp3) is 0.231. The Balaban J connectivity index is 1.38. The van der Waals surface area contributed by atoms with Gasteiger partial charge in [0, 0.05) is 43.7 Å². The summed E-state index contributed by atoms with van der Waals surface area (Å²) >= 11 is 0. The number of aromatic nitrogens is 3. The van der Waals surface area contributed by atoms with Crippen molar-refractivity contribution >= 4 is 29.0 Å². The minimum Gasteiger partial charge on any atom is -0.355 e. The van der Waals surface area contributed by atoms with Gasteiger partial charge in [0.25, 0.3) is 5.91 Å². The maximum absolute atomic E-state index is 14.2. The molecule has 1 aliphatic carbocycles. The molecule has 1 saturated carbocycles. The molecule has 1 fully saturated rings. The summed E-state index contributed by atoms with van der Waals surface area (Å²) in [4.78, 5) is 25.2. The van der Waals surface area contributed by atoms with E-state index in [0.717, 1.165) is 35.0 Å². The number of hydrogen-bond donors (Lipinski definition) is 2. The topological polar surface area (TPSA) is 84.2 Å². The minimum atomic E-state index is -0.550. The van der Waals surface area contributed by atoms with E-state index in [9.17, 15) is 9.18 Å². The Morgan fingerprint density at radius 1 is 1.18 bits per heavy atom. The van der Waals surface area contributed by atoms with Crippen LogP contribution in [0.1, 0.15) is 40.0 Å². The molecule has 0 aliphatic heterocycles. The van der Waals surface area contributed by atoms with E-state index in [2.05, 4.69) is 50.0 Å². The average Bonchev–Trinajstić information content (AvgIpc) is 3.57. The number of nitrogens with zero attached hydrogens (tertiary/aromatic N) is 4. The average molecular weight is 457 g/mol. The monoisotopic (exact) mass is 456 g/mol. The molecular formula is C26H25FN6O. The number of fused-ring (bicyclic) bond motifs is 1. The molecule has 2 heterocycles. The van der Waals surface area contributed by atoms with Crippen LogP contribution in [0.3, 0.4) is 0 Å². The fourth-order valence-corrected chi connectivity index (χ4v) is 4.42. The molecule has 0 bridgehead atoms. The van der Waals surface area contributed by atoms with Crippen molar-refractivity contribution in [2.45, 2.75) is 24.7 Å². The van der Waals surface area contributed by atoms with E-state index in [1.807, 2.05) is 24.0 Å². The molecule has 0 unspecified atom stereocenters. The largest absolute Gasteiger partial charge is 0.355 e. The highest BCUT2D eigenvalue weighted by Gasteiger charge is 2.49. The first kappa shape index (κ1) is 21.8. The molecule has 0 atom stereocenters. The molecule has 0 spiro atoms. The number of aliphatic imine (C=N–C) groups is 1. The lowest BCUT2D eigenvalue weighted by molar-refractivity contribution is 0.0959. The smallest absolute Gasteiger partial charge is 0.253 e. The van der Waals surface area contributed by atoms with Crippen LogP contribution < -0.4 is 10.7 Å². The van der Waals surface area contributed by atoms with E-state index in [1.165, 1.54) is 24.7 Å². The van der Waals surface area contributed by atoms with Crippen LogP contribution in [0.5, 0.6) is 0 Å². The third-order valence-electron chi connectivity index (χ3n) is 6.40. The van der Waals surface area contributed by atoms with Crippen LogP contribution in [0.25, 0.3) is 10.9 Å². The standard InChI is InChI=1S/C26H25FN6O/c1-28-24(34)20-7-5-17(14-21(20)27)9-13-31-25-32-16-23(33(25)29-2)26(10-11-26)19-6-8-22-18(15-19)4-3-12-30-22/h3-8,12-16,29H,9-11H2,1-2H3,(H,28,34).